The maximum atomic E-state index is 11.5. The second-order valence-corrected chi connectivity index (χ2v) is 6.80. The Morgan fingerprint density at radius 3 is 1.83 bits per heavy atom. The summed E-state index contributed by atoms with van der Waals surface area (Å²) >= 11 is 0. The van der Waals surface area contributed by atoms with E-state index < -0.39 is 11.8 Å². The molecule has 30 heavy (non-hydrogen) atoms. The lowest BCUT2D eigenvalue weighted by molar-refractivity contribution is 0.0990. The Bertz CT molecular complexity index is 854. The molecule has 0 heterocycles. The first-order chi connectivity index (χ1) is 14.3. The number of amides is 2. The number of nitrogens with two attached hydrogens (primary N) is 4. The van der Waals surface area contributed by atoms with Gasteiger partial charge in [0.15, 0.2) is 5.75 Å². The molecule has 0 saturated heterocycles. The van der Waals surface area contributed by atoms with Crippen LogP contribution in [0.4, 0.5) is 22.7 Å². The third kappa shape index (κ3) is 5.05. The number of nitrogen functional groups attached to an aromatic ring is 2. The van der Waals surface area contributed by atoms with Gasteiger partial charge in [-0.25, -0.2) is 0 Å². The highest BCUT2D eigenvalue weighted by molar-refractivity contribution is 5.99. The van der Waals surface area contributed by atoms with Gasteiger partial charge in [0.2, 0.25) is 5.91 Å². The van der Waals surface area contributed by atoms with Crippen LogP contribution in [0.5, 0.6) is 5.75 Å². The number of unbranched alkanes of at least 4 members (excludes halogenated alkanes) is 1. The van der Waals surface area contributed by atoms with Gasteiger partial charge in [0, 0.05) is 18.7 Å². The largest absolute Gasteiger partial charge is 0.494 e. The van der Waals surface area contributed by atoms with Crippen LogP contribution in [0.3, 0.4) is 0 Å². The maximum Gasteiger partial charge on any atom is 0.252 e. The Kier molecular flexibility index (Phi) is 7.74. The van der Waals surface area contributed by atoms with E-state index in [1.807, 2.05) is 6.92 Å². The average molecular weight is 415 g/mol. The van der Waals surface area contributed by atoms with Crippen LogP contribution in [0, 0.1) is 0 Å². The Morgan fingerprint density at radius 1 is 0.867 bits per heavy atom. The van der Waals surface area contributed by atoms with E-state index >= 15 is 0 Å². The monoisotopic (exact) mass is 414 g/mol. The van der Waals surface area contributed by atoms with Crippen LogP contribution in [0.15, 0.2) is 24.3 Å². The molecule has 0 spiro atoms. The summed E-state index contributed by atoms with van der Waals surface area (Å²) in [6.45, 7) is 3.33. The van der Waals surface area contributed by atoms with Gasteiger partial charge >= 0.3 is 0 Å². The lowest BCUT2D eigenvalue weighted by atomic mass is 10.0. The second-order valence-electron chi connectivity index (χ2n) is 6.80. The van der Waals surface area contributed by atoms with Gasteiger partial charge < -0.3 is 38.3 Å². The number of primary amides is 2. The van der Waals surface area contributed by atoms with Crippen LogP contribution < -0.4 is 38.3 Å². The third-order valence-corrected chi connectivity index (χ3v) is 4.88. The van der Waals surface area contributed by atoms with Crippen LogP contribution in [0.2, 0.25) is 0 Å². The first-order valence-electron chi connectivity index (χ1n) is 9.76. The molecule has 0 unspecified atom stereocenters. The fourth-order valence-electron chi connectivity index (χ4n) is 3.29. The minimum Gasteiger partial charge on any atom is -0.494 e. The molecular weight excluding hydrogens is 384 g/mol. The highest BCUT2D eigenvalue weighted by atomic mass is 16.5. The molecule has 10 N–H and O–H groups in total. The van der Waals surface area contributed by atoms with E-state index in [-0.39, 0.29) is 11.3 Å². The first kappa shape index (κ1) is 22.7. The van der Waals surface area contributed by atoms with Crippen LogP contribution in [0.25, 0.3) is 0 Å². The number of methoxy groups -OCH3 is 1. The van der Waals surface area contributed by atoms with Gasteiger partial charge in [-0.15, -0.1) is 0 Å². The standard InChI is InChI=1S/C21H30N6O3/c1-3-12-13(20(24)28)6-8-15(17(12)22)26-10-4-5-11-27-16-9-7-14(21(25)29)19(30-2)18(16)23/h6-9,26-27H,3-5,10-11,22-23H2,1-2H3,(H2,24,28)(H2,25,29). The number of carbonyl (C=O) groups excluding carboxylic acids is 2. The molecule has 9 nitrogen and oxygen atoms in total. The normalized spacial score (nSPS) is 10.5. The van der Waals surface area contributed by atoms with Crippen LogP contribution in [0.1, 0.15) is 46.0 Å². The highest BCUT2D eigenvalue weighted by Gasteiger charge is 2.15. The van der Waals surface area contributed by atoms with Crippen molar-refractivity contribution in [1.29, 1.82) is 0 Å². The van der Waals surface area contributed by atoms with E-state index in [1.54, 1.807) is 24.3 Å². The summed E-state index contributed by atoms with van der Waals surface area (Å²) in [5.41, 5.74) is 26.8. The number of nitrogens with one attached hydrogen (secondary N) is 2. The molecule has 2 aromatic carbocycles. The summed E-state index contributed by atoms with van der Waals surface area (Å²) in [5.74, 6) is -0.794. The Morgan fingerprint density at radius 2 is 1.37 bits per heavy atom. The number of rotatable bonds is 11. The van der Waals surface area contributed by atoms with Gasteiger partial charge in [-0.1, -0.05) is 6.92 Å². The molecule has 2 amide bonds. The minimum atomic E-state index is -0.592. The van der Waals surface area contributed by atoms with E-state index in [4.69, 9.17) is 27.7 Å². The number of hydrogen-bond acceptors (Lipinski definition) is 7. The lowest BCUT2D eigenvalue weighted by Crippen LogP contribution is -2.16. The van der Waals surface area contributed by atoms with Gasteiger partial charge in [-0.3, -0.25) is 9.59 Å². The summed E-state index contributed by atoms with van der Waals surface area (Å²) in [6, 6.07) is 6.78. The molecule has 0 aromatic heterocycles. The van der Waals surface area contributed by atoms with E-state index in [0.717, 1.165) is 24.1 Å². The molecule has 0 aliphatic rings. The number of ether oxygens (including phenoxy) is 1. The molecule has 0 fully saturated rings. The molecule has 9 heteroatoms. The number of benzene rings is 2. The third-order valence-electron chi connectivity index (χ3n) is 4.88. The molecule has 0 radical (unpaired) electrons. The Balaban J connectivity index is 1.87. The number of carbonyl (C=O) groups is 2. The average Bonchev–Trinajstić information content (AvgIpc) is 2.71. The minimum absolute atomic E-state index is 0.246. The first-order valence-corrected chi connectivity index (χ1v) is 9.76. The summed E-state index contributed by atoms with van der Waals surface area (Å²) < 4.78 is 5.21. The zero-order valence-corrected chi connectivity index (χ0v) is 17.4. The molecule has 0 aliphatic carbocycles. The SMILES string of the molecule is CCc1c(C(N)=O)ccc(NCCCCNc2ccc(C(N)=O)c(OC)c2N)c1N. The number of anilines is 4. The van der Waals surface area contributed by atoms with E-state index in [9.17, 15) is 9.59 Å². The van der Waals surface area contributed by atoms with Crippen molar-refractivity contribution in [3.05, 3.63) is 41.0 Å². The van der Waals surface area contributed by atoms with Crippen LogP contribution in [-0.2, 0) is 6.42 Å². The molecule has 0 atom stereocenters. The van der Waals surface area contributed by atoms with Crippen molar-refractivity contribution in [1.82, 2.24) is 0 Å². The van der Waals surface area contributed by atoms with Crippen molar-refractivity contribution in [3.63, 3.8) is 0 Å². The van der Waals surface area contributed by atoms with Crippen LogP contribution >= 0.6 is 0 Å². The Hall–Kier alpha value is -3.62. The van der Waals surface area contributed by atoms with Crippen molar-refractivity contribution in [2.24, 2.45) is 11.5 Å². The smallest absolute Gasteiger partial charge is 0.252 e. The molecule has 0 bridgehead atoms. The molecule has 0 saturated carbocycles. The summed E-state index contributed by atoms with van der Waals surface area (Å²) in [7, 11) is 1.44. The number of hydrogen-bond donors (Lipinski definition) is 6. The highest BCUT2D eigenvalue weighted by Crippen LogP contribution is 2.33. The quantitative estimate of drug-likeness (QED) is 0.241. The molecule has 0 aliphatic heterocycles. The predicted molar refractivity (Wildman–Crippen MR) is 121 cm³/mol. The van der Waals surface area contributed by atoms with Crippen molar-refractivity contribution < 1.29 is 14.3 Å². The van der Waals surface area contributed by atoms with E-state index in [2.05, 4.69) is 10.6 Å². The molecule has 162 valence electrons. The molecule has 2 aromatic rings. The second kappa shape index (κ2) is 10.2. The van der Waals surface area contributed by atoms with Gasteiger partial charge in [0.05, 0.1) is 35.4 Å². The fraction of sp³-hybridized carbons (Fsp3) is 0.333. The van der Waals surface area contributed by atoms with E-state index in [0.29, 0.717) is 42.1 Å². The fourth-order valence-corrected chi connectivity index (χ4v) is 3.29. The zero-order valence-electron chi connectivity index (χ0n) is 17.4. The van der Waals surface area contributed by atoms with E-state index in [1.165, 1.54) is 7.11 Å². The van der Waals surface area contributed by atoms with Crippen molar-refractivity contribution in [3.8, 4) is 5.75 Å². The summed E-state index contributed by atoms with van der Waals surface area (Å²) in [6.07, 6.45) is 2.37. The molecular formula is C21H30N6O3. The van der Waals surface area contributed by atoms with Gasteiger partial charge in [0.25, 0.3) is 5.91 Å². The van der Waals surface area contributed by atoms with Gasteiger partial charge in [-0.2, -0.15) is 0 Å². The Labute approximate surface area is 176 Å². The summed E-state index contributed by atoms with van der Waals surface area (Å²) in [4.78, 5) is 22.9. The predicted octanol–water partition coefficient (Wildman–Crippen LogP) is 1.92. The maximum absolute atomic E-state index is 11.5. The lowest BCUT2D eigenvalue weighted by Gasteiger charge is -2.16. The van der Waals surface area contributed by atoms with Crippen molar-refractivity contribution >= 4 is 34.6 Å². The van der Waals surface area contributed by atoms with Crippen molar-refractivity contribution in [2.45, 2.75) is 26.2 Å². The van der Waals surface area contributed by atoms with Gasteiger partial charge in [-0.05, 0) is 49.1 Å². The van der Waals surface area contributed by atoms with Crippen molar-refractivity contribution in [2.75, 3.05) is 42.3 Å². The van der Waals surface area contributed by atoms with Gasteiger partial charge in [0.1, 0.15) is 0 Å². The zero-order chi connectivity index (χ0) is 22.3. The molecule has 2 rings (SSSR count). The van der Waals surface area contributed by atoms with Crippen LogP contribution in [-0.4, -0.2) is 32.0 Å². The topological polar surface area (TPSA) is 172 Å². The summed E-state index contributed by atoms with van der Waals surface area (Å²) in [5, 5.41) is 6.54.